The fourth-order valence-electron chi connectivity index (χ4n) is 5.30. The van der Waals surface area contributed by atoms with E-state index in [0.717, 1.165) is 17.8 Å². The van der Waals surface area contributed by atoms with Gasteiger partial charge in [0.15, 0.2) is 5.82 Å². The number of fused-ring (bicyclic) bond motifs is 2. The van der Waals surface area contributed by atoms with Crippen LogP contribution in [-0.4, -0.2) is 76.3 Å². The summed E-state index contributed by atoms with van der Waals surface area (Å²) in [4.78, 5) is 47.0. The van der Waals surface area contributed by atoms with Gasteiger partial charge in [0, 0.05) is 55.7 Å². The zero-order chi connectivity index (χ0) is 28.7. The first-order chi connectivity index (χ1) is 19.9. The second-order valence-electron chi connectivity index (χ2n) is 9.77. The molecule has 6 rings (SSSR count). The van der Waals surface area contributed by atoms with Gasteiger partial charge in [-0.1, -0.05) is 29.8 Å². The molecule has 0 spiro atoms. The fraction of sp³-hybridized carbons (Fsp3) is 0.296. The Kier molecular flexibility index (Phi) is 7.43. The maximum absolute atomic E-state index is 14.4. The van der Waals surface area contributed by atoms with Gasteiger partial charge in [-0.15, -0.1) is 0 Å². The summed E-state index contributed by atoms with van der Waals surface area (Å²) in [6, 6.07) is 9.32. The predicted molar refractivity (Wildman–Crippen MR) is 153 cm³/mol. The van der Waals surface area contributed by atoms with E-state index in [-0.39, 0.29) is 33.8 Å². The first kappa shape index (κ1) is 27.3. The number of imidazole rings is 1. The first-order valence-corrected chi connectivity index (χ1v) is 14.2. The maximum Gasteiger partial charge on any atom is 0.287 e. The summed E-state index contributed by atoms with van der Waals surface area (Å²) in [6.45, 7) is 3.25. The molecule has 14 heteroatoms. The van der Waals surface area contributed by atoms with Gasteiger partial charge in [-0.3, -0.25) is 19.3 Å². The van der Waals surface area contributed by atoms with Gasteiger partial charge >= 0.3 is 0 Å². The second-order valence-corrected chi connectivity index (χ2v) is 11.0. The Hall–Kier alpha value is -3.91. The lowest BCUT2D eigenvalue weighted by atomic mass is 9.98. The van der Waals surface area contributed by atoms with E-state index < -0.39 is 29.7 Å². The number of hydrogen-bond donors (Lipinski definition) is 4. The summed E-state index contributed by atoms with van der Waals surface area (Å²) < 4.78 is 21.2. The minimum atomic E-state index is -1.00. The Labute approximate surface area is 243 Å². The van der Waals surface area contributed by atoms with Gasteiger partial charge in [0.25, 0.3) is 11.8 Å². The van der Waals surface area contributed by atoms with E-state index in [4.69, 9.17) is 11.6 Å². The van der Waals surface area contributed by atoms with Crippen LogP contribution < -0.4 is 21.3 Å². The molecule has 1 saturated heterocycles. The normalized spacial score (nSPS) is 19.0. The topological polar surface area (TPSA) is 133 Å². The van der Waals surface area contributed by atoms with Gasteiger partial charge < -0.3 is 25.8 Å². The molecule has 0 unspecified atom stereocenters. The second kappa shape index (κ2) is 11.2. The van der Waals surface area contributed by atoms with E-state index in [9.17, 15) is 18.8 Å². The number of amides is 3. The lowest BCUT2D eigenvalue weighted by Crippen LogP contribution is -2.51. The number of nitrogens with one attached hydrogen (secondary N) is 4. The van der Waals surface area contributed by atoms with Gasteiger partial charge in [0.05, 0.1) is 16.4 Å². The molecule has 11 nitrogen and oxygen atoms in total. The predicted octanol–water partition coefficient (Wildman–Crippen LogP) is 2.56. The standard InChI is InChI=1S/C27H26ClFN8O3S/c1-30-27(40)24-33-23(34-26(39)21-15-4-2-3-5-19(15)41-35-21)22-20(16-12-14(29)6-7-17(16)28)32-25(38)18(37(22)24)13-36-10-8-31-9-11-36/h2-7,12,18,20,31H,8-11,13H2,1H3,(H,30,40)(H,32,38)(H,34,39)/t18-,20-/m0/s1. The number of aromatic nitrogens is 3. The van der Waals surface area contributed by atoms with Crippen molar-refractivity contribution >= 4 is 56.8 Å². The van der Waals surface area contributed by atoms with Crippen molar-refractivity contribution in [1.82, 2.24) is 34.8 Å². The van der Waals surface area contributed by atoms with Crippen molar-refractivity contribution in [2.24, 2.45) is 0 Å². The molecule has 2 aliphatic heterocycles. The molecule has 0 saturated carbocycles. The van der Waals surface area contributed by atoms with Crippen LogP contribution in [0.5, 0.6) is 0 Å². The highest BCUT2D eigenvalue weighted by molar-refractivity contribution is 7.13. The summed E-state index contributed by atoms with van der Waals surface area (Å²) in [7, 11) is 1.46. The van der Waals surface area contributed by atoms with E-state index in [2.05, 4.69) is 35.5 Å². The van der Waals surface area contributed by atoms with Crippen LogP contribution in [0, 0.1) is 5.82 Å². The molecule has 3 amide bonds. The third-order valence-corrected chi connectivity index (χ3v) is 8.46. The van der Waals surface area contributed by atoms with Crippen LogP contribution in [-0.2, 0) is 4.79 Å². The zero-order valence-electron chi connectivity index (χ0n) is 21.9. The van der Waals surface area contributed by atoms with E-state index in [1.165, 1.54) is 36.8 Å². The van der Waals surface area contributed by atoms with Crippen LogP contribution in [0.4, 0.5) is 10.2 Å². The first-order valence-electron chi connectivity index (χ1n) is 13.0. The number of carbonyl (C=O) groups excluding carboxylic acids is 3. The molecule has 2 aromatic carbocycles. The van der Waals surface area contributed by atoms with Crippen LogP contribution >= 0.6 is 23.1 Å². The lowest BCUT2D eigenvalue weighted by molar-refractivity contribution is -0.126. The van der Waals surface area contributed by atoms with E-state index in [1.54, 1.807) is 10.6 Å². The molecular weight excluding hydrogens is 571 g/mol. The molecule has 4 aromatic rings. The van der Waals surface area contributed by atoms with Gasteiger partial charge in [0.1, 0.15) is 17.6 Å². The highest BCUT2D eigenvalue weighted by Gasteiger charge is 2.42. The molecule has 4 heterocycles. The van der Waals surface area contributed by atoms with Crippen molar-refractivity contribution in [3.63, 3.8) is 0 Å². The van der Waals surface area contributed by atoms with Crippen molar-refractivity contribution in [3.05, 3.63) is 76.1 Å². The molecular formula is C27H26ClFN8O3S. The van der Waals surface area contributed by atoms with Crippen molar-refractivity contribution in [3.8, 4) is 0 Å². The summed E-state index contributed by atoms with van der Waals surface area (Å²) in [5.41, 5.74) is 0.773. The van der Waals surface area contributed by atoms with E-state index in [1.807, 2.05) is 18.2 Å². The highest BCUT2D eigenvalue weighted by atomic mass is 35.5. The molecule has 212 valence electrons. The number of anilines is 1. The maximum atomic E-state index is 14.4. The van der Waals surface area contributed by atoms with Gasteiger partial charge in [-0.25, -0.2) is 9.37 Å². The summed E-state index contributed by atoms with van der Waals surface area (Å²) in [6.07, 6.45) is 0. The van der Waals surface area contributed by atoms with Crippen molar-refractivity contribution < 1.29 is 18.8 Å². The Morgan fingerprint density at radius 1 is 1.17 bits per heavy atom. The largest absolute Gasteiger partial charge is 0.352 e. The zero-order valence-corrected chi connectivity index (χ0v) is 23.5. The number of nitrogens with zero attached hydrogens (tertiary/aromatic N) is 4. The molecule has 41 heavy (non-hydrogen) atoms. The lowest BCUT2D eigenvalue weighted by Gasteiger charge is -2.37. The summed E-state index contributed by atoms with van der Waals surface area (Å²) in [5, 5.41) is 12.5. The monoisotopic (exact) mass is 596 g/mol. The van der Waals surface area contributed by atoms with E-state index in [0.29, 0.717) is 30.7 Å². The number of benzene rings is 2. The Morgan fingerprint density at radius 3 is 2.73 bits per heavy atom. The molecule has 0 radical (unpaired) electrons. The van der Waals surface area contributed by atoms with Crippen LogP contribution in [0.2, 0.25) is 5.02 Å². The third kappa shape index (κ3) is 5.05. The minimum Gasteiger partial charge on any atom is -0.352 e. The van der Waals surface area contributed by atoms with E-state index >= 15 is 0 Å². The molecule has 2 aromatic heterocycles. The van der Waals surface area contributed by atoms with Crippen LogP contribution in [0.3, 0.4) is 0 Å². The summed E-state index contributed by atoms with van der Waals surface area (Å²) in [5.74, 6) is -2.04. The third-order valence-electron chi connectivity index (χ3n) is 7.29. The number of hydrogen-bond acceptors (Lipinski definition) is 8. The van der Waals surface area contributed by atoms with Gasteiger partial charge in [0.2, 0.25) is 11.7 Å². The fourth-order valence-corrected chi connectivity index (χ4v) is 6.30. The number of carbonyl (C=O) groups is 3. The smallest absolute Gasteiger partial charge is 0.287 e. The molecule has 0 bridgehead atoms. The average molecular weight is 597 g/mol. The minimum absolute atomic E-state index is 0.0429. The van der Waals surface area contributed by atoms with Gasteiger partial charge in [-0.05, 0) is 35.8 Å². The van der Waals surface area contributed by atoms with Gasteiger partial charge in [-0.2, -0.15) is 4.37 Å². The number of halogens is 2. The van der Waals surface area contributed by atoms with Crippen LogP contribution in [0.15, 0.2) is 42.5 Å². The molecule has 2 atom stereocenters. The van der Waals surface area contributed by atoms with Crippen LogP contribution in [0.1, 0.15) is 44.4 Å². The van der Waals surface area contributed by atoms with Crippen molar-refractivity contribution in [2.75, 3.05) is 45.1 Å². The number of rotatable bonds is 6. The molecule has 2 aliphatic rings. The van der Waals surface area contributed by atoms with Crippen molar-refractivity contribution in [2.45, 2.75) is 12.1 Å². The molecule has 4 N–H and O–H groups in total. The van der Waals surface area contributed by atoms with Crippen LogP contribution in [0.25, 0.3) is 10.1 Å². The highest BCUT2D eigenvalue weighted by Crippen LogP contribution is 2.39. The Bertz CT molecular complexity index is 1670. The molecule has 0 aliphatic carbocycles. The SMILES string of the molecule is CNC(=O)c1nc(NC(=O)c2nsc3ccccc23)c2n1[C@@H](CN1CCNCC1)C(=O)N[C@H]2c1cc(F)ccc1Cl. The Morgan fingerprint density at radius 2 is 1.95 bits per heavy atom. The average Bonchev–Trinajstić information content (AvgIpc) is 3.58. The Balaban J connectivity index is 1.50. The van der Waals surface area contributed by atoms with Crippen molar-refractivity contribution in [1.29, 1.82) is 0 Å². The number of piperazine rings is 1. The quantitative estimate of drug-likeness (QED) is 0.269. The molecule has 1 fully saturated rings. The summed E-state index contributed by atoms with van der Waals surface area (Å²) >= 11 is 7.69.